The second-order valence-corrected chi connectivity index (χ2v) is 4.69. The van der Waals surface area contributed by atoms with Crippen molar-refractivity contribution in [1.82, 2.24) is 14.5 Å². The van der Waals surface area contributed by atoms with Crippen LogP contribution in [0.5, 0.6) is 0 Å². The standard InChI is InChI=1S/C16H13FN4O/c17-14-4-2-1-3-12(14)9-16(22)20-13-5-6-15(19-10-13)21-8-7-18-11-21/h1-8,10-11H,9H2,(H,20,22). The lowest BCUT2D eigenvalue weighted by atomic mass is 10.1. The van der Waals surface area contributed by atoms with E-state index in [0.717, 1.165) is 0 Å². The van der Waals surface area contributed by atoms with Crippen LogP contribution in [0, 0.1) is 5.82 Å². The lowest BCUT2D eigenvalue weighted by molar-refractivity contribution is -0.115. The molecule has 0 radical (unpaired) electrons. The molecular weight excluding hydrogens is 283 g/mol. The number of pyridine rings is 1. The van der Waals surface area contributed by atoms with Gasteiger partial charge in [-0.25, -0.2) is 14.4 Å². The van der Waals surface area contributed by atoms with E-state index in [-0.39, 0.29) is 18.1 Å². The van der Waals surface area contributed by atoms with Crippen LogP contribution in [0.15, 0.2) is 61.3 Å². The molecule has 0 spiro atoms. The molecule has 0 unspecified atom stereocenters. The summed E-state index contributed by atoms with van der Waals surface area (Å²) in [4.78, 5) is 20.1. The van der Waals surface area contributed by atoms with Gasteiger partial charge in [0.2, 0.25) is 5.91 Å². The molecule has 5 nitrogen and oxygen atoms in total. The van der Waals surface area contributed by atoms with Gasteiger partial charge in [0.05, 0.1) is 18.3 Å². The Morgan fingerprint density at radius 2 is 2.09 bits per heavy atom. The molecule has 0 aliphatic rings. The average molecular weight is 296 g/mol. The van der Waals surface area contributed by atoms with Crippen molar-refractivity contribution in [3.8, 4) is 5.82 Å². The zero-order chi connectivity index (χ0) is 15.4. The first kappa shape index (κ1) is 13.9. The van der Waals surface area contributed by atoms with Crippen LogP contribution in [0.1, 0.15) is 5.56 Å². The molecule has 1 N–H and O–H groups in total. The van der Waals surface area contributed by atoms with E-state index in [1.807, 2.05) is 0 Å². The van der Waals surface area contributed by atoms with Crippen molar-refractivity contribution in [2.45, 2.75) is 6.42 Å². The van der Waals surface area contributed by atoms with E-state index < -0.39 is 0 Å². The van der Waals surface area contributed by atoms with E-state index >= 15 is 0 Å². The van der Waals surface area contributed by atoms with Gasteiger partial charge in [-0.1, -0.05) is 18.2 Å². The molecule has 1 aromatic carbocycles. The fourth-order valence-corrected chi connectivity index (χ4v) is 2.03. The number of hydrogen-bond acceptors (Lipinski definition) is 3. The van der Waals surface area contributed by atoms with Gasteiger partial charge in [-0.15, -0.1) is 0 Å². The zero-order valence-electron chi connectivity index (χ0n) is 11.6. The normalized spacial score (nSPS) is 10.4. The molecule has 2 aromatic heterocycles. The number of aromatic nitrogens is 3. The molecule has 0 atom stereocenters. The van der Waals surface area contributed by atoms with Crippen LogP contribution in [0.2, 0.25) is 0 Å². The third-order valence-electron chi connectivity index (χ3n) is 3.11. The Kier molecular flexibility index (Phi) is 3.91. The van der Waals surface area contributed by atoms with Crippen LogP contribution in [0.25, 0.3) is 5.82 Å². The van der Waals surface area contributed by atoms with Crippen molar-refractivity contribution in [2.75, 3.05) is 5.32 Å². The third kappa shape index (κ3) is 3.17. The molecule has 3 rings (SSSR count). The summed E-state index contributed by atoms with van der Waals surface area (Å²) in [5.74, 6) is 0.0260. The maximum Gasteiger partial charge on any atom is 0.228 e. The Balaban J connectivity index is 1.66. The van der Waals surface area contributed by atoms with E-state index in [1.165, 1.54) is 6.07 Å². The first-order valence-corrected chi connectivity index (χ1v) is 6.70. The summed E-state index contributed by atoms with van der Waals surface area (Å²) >= 11 is 0. The van der Waals surface area contributed by atoms with E-state index in [9.17, 15) is 9.18 Å². The number of halogens is 1. The number of imidazole rings is 1. The van der Waals surface area contributed by atoms with Crippen LogP contribution in [-0.2, 0) is 11.2 Å². The Morgan fingerprint density at radius 3 is 2.77 bits per heavy atom. The second kappa shape index (κ2) is 6.17. The predicted octanol–water partition coefficient (Wildman–Crippen LogP) is 2.59. The largest absolute Gasteiger partial charge is 0.324 e. The van der Waals surface area contributed by atoms with Crippen molar-refractivity contribution >= 4 is 11.6 Å². The van der Waals surface area contributed by atoms with Gasteiger partial charge < -0.3 is 5.32 Å². The molecule has 2 heterocycles. The fourth-order valence-electron chi connectivity index (χ4n) is 2.03. The Bertz CT molecular complexity index is 769. The van der Waals surface area contributed by atoms with Crippen LogP contribution in [-0.4, -0.2) is 20.4 Å². The minimum absolute atomic E-state index is 0.0179. The van der Waals surface area contributed by atoms with E-state index in [4.69, 9.17) is 0 Å². The van der Waals surface area contributed by atoms with E-state index in [0.29, 0.717) is 17.1 Å². The van der Waals surface area contributed by atoms with Gasteiger partial charge >= 0.3 is 0 Å². The fraction of sp³-hybridized carbons (Fsp3) is 0.0625. The highest BCUT2D eigenvalue weighted by molar-refractivity contribution is 5.92. The van der Waals surface area contributed by atoms with E-state index in [2.05, 4.69) is 15.3 Å². The van der Waals surface area contributed by atoms with Gasteiger partial charge in [-0.05, 0) is 23.8 Å². The SMILES string of the molecule is O=C(Cc1ccccc1F)Nc1ccc(-n2ccnc2)nc1. The summed E-state index contributed by atoms with van der Waals surface area (Å²) in [6, 6.07) is 9.73. The molecule has 0 aliphatic carbocycles. The number of carbonyl (C=O) groups is 1. The number of nitrogens with one attached hydrogen (secondary N) is 1. The first-order chi connectivity index (χ1) is 10.7. The number of benzene rings is 1. The smallest absolute Gasteiger partial charge is 0.228 e. The lowest BCUT2D eigenvalue weighted by Gasteiger charge is -2.07. The topological polar surface area (TPSA) is 59.8 Å². The minimum atomic E-state index is -0.383. The molecule has 0 saturated heterocycles. The molecule has 22 heavy (non-hydrogen) atoms. The molecule has 0 saturated carbocycles. The Hall–Kier alpha value is -3.02. The van der Waals surface area contributed by atoms with Crippen molar-refractivity contribution in [1.29, 1.82) is 0 Å². The van der Waals surface area contributed by atoms with Gasteiger partial charge in [-0.3, -0.25) is 9.36 Å². The van der Waals surface area contributed by atoms with E-state index in [1.54, 1.807) is 59.8 Å². The summed E-state index contributed by atoms with van der Waals surface area (Å²) < 4.78 is 15.3. The molecule has 0 fully saturated rings. The van der Waals surface area contributed by atoms with Crippen LogP contribution in [0.3, 0.4) is 0 Å². The average Bonchev–Trinajstić information content (AvgIpc) is 3.05. The molecular formula is C16H13FN4O. The van der Waals surface area contributed by atoms with Crippen LogP contribution in [0.4, 0.5) is 10.1 Å². The van der Waals surface area contributed by atoms with Gasteiger partial charge in [0, 0.05) is 12.4 Å². The highest BCUT2D eigenvalue weighted by atomic mass is 19.1. The van der Waals surface area contributed by atoms with Gasteiger partial charge in [0.15, 0.2) is 0 Å². The quantitative estimate of drug-likeness (QED) is 0.805. The van der Waals surface area contributed by atoms with Crippen molar-refractivity contribution in [3.05, 3.63) is 72.7 Å². The first-order valence-electron chi connectivity index (χ1n) is 6.70. The number of rotatable bonds is 4. The molecule has 6 heteroatoms. The number of nitrogens with zero attached hydrogens (tertiary/aromatic N) is 3. The maximum absolute atomic E-state index is 13.5. The number of carbonyl (C=O) groups excluding carboxylic acids is 1. The third-order valence-corrected chi connectivity index (χ3v) is 3.11. The summed E-state index contributed by atoms with van der Waals surface area (Å²) in [6.45, 7) is 0. The maximum atomic E-state index is 13.5. The van der Waals surface area contributed by atoms with Crippen molar-refractivity contribution in [2.24, 2.45) is 0 Å². The van der Waals surface area contributed by atoms with Gasteiger partial charge in [0.25, 0.3) is 0 Å². The van der Waals surface area contributed by atoms with Crippen LogP contribution >= 0.6 is 0 Å². The number of hydrogen-bond donors (Lipinski definition) is 1. The summed E-state index contributed by atoms with van der Waals surface area (Å²) in [6.07, 6.45) is 6.60. The van der Waals surface area contributed by atoms with Gasteiger partial charge in [0.1, 0.15) is 18.0 Å². The number of anilines is 1. The summed E-state index contributed by atoms with van der Waals surface area (Å²) in [5, 5.41) is 2.70. The highest BCUT2D eigenvalue weighted by Crippen LogP contribution is 2.11. The van der Waals surface area contributed by atoms with Gasteiger partial charge in [-0.2, -0.15) is 0 Å². The molecule has 0 aliphatic heterocycles. The molecule has 3 aromatic rings. The molecule has 1 amide bonds. The monoisotopic (exact) mass is 296 g/mol. The summed E-state index contributed by atoms with van der Waals surface area (Å²) in [5.41, 5.74) is 0.924. The second-order valence-electron chi connectivity index (χ2n) is 4.69. The Labute approximate surface area is 126 Å². The highest BCUT2D eigenvalue weighted by Gasteiger charge is 2.08. The van der Waals surface area contributed by atoms with Crippen molar-refractivity contribution in [3.63, 3.8) is 0 Å². The Morgan fingerprint density at radius 1 is 1.23 bits per heavy atom. The predicted molar refractivity (Wildman–Crippen MR) is 80.1 cm³/mol. The molecule has 110 valence electrons. The molecule has 0 bridgehead atoms. The summed E-state index contributed by atoms with van der Waals surface area (Å²) in [7, 11) is 0. The van der Waals surface area contributed by atoms with Crippen molar-refractivity contribution < 1.29 is 9.18 Å². The lowest BCUT2D eigenvalue weighted by Crippen LogP contribution is -2.15. The minimum Gasteiger partial charge on any atom is -0.324 e. The zero-order valence-corrected chi connectivity index (χ0v) is 11.6. The van der Waals surface area contributed by atoms with Crippen LogP contribution < -0.4 is 5.32 Å². The number of amides is 1.